The highest BCUT2D eigenvalue weighted by molar-refractivity contribution is 5.98. The number of carbonyl (C=O) groups is 1. The van der Waals surface area contributed by atoms with E-state index in [4.69, 9.17) is 4.74 Å². The van der Waals surface area contributed by atoms with Gasteiger partial charge in [0.25, 0.3) is 5.91 Å². The Labute approximate surface area is 165 Å². The zero-order valence-electron chi connectivity index (χ0n) is 16.3. The maximum Gasteiger partial charge on any atom is 0.254 e. The quantitative estimate of drug-likeness (QED) is 0.699. The van der Waals surface area contributed by atoms with Gasteiger partial charge in [0.05, 0.1) is 12.6 Å². The van der Waals surface area contributed by atoms with Gasteiger partial charge in [-0.1, -0.05) is 18.2 Å². The van der Waals surface area contributed by atoms with Crippen LogP contribution in [0, 0.1) is 0 Å². The number of aromatic nitrogens is 1. The molecule has 1 saturated heterocycles. The number of rotatable bonds is 4. The second-order valence-electron chi connectivity index (χ2n) is 7.35. The lowest BCUT2D eigenvalue weighted by atomic mass is 10.1. The van der Waals surface area contributed by atoms with Crippen molar-refractivity contribution < 1.29 is 9.53 Å². The van der Waals surface area contributed by atoms with E-state index in [0.29, 0.717) is 0 Å². The number of benzene rings is 2. The Morgan fingerprint density at radius 3 is 2.86 bits per heavy atom. The number of ether oxygens (including phenoxy) is 1. The topological polar surface area (TPSA) is 45.7 Å². The Kier molecular flexibility index (Phi) is 5.26. The molecule has 1 atom stereocenters. The van der Waals surface area contributed by atoms with Crippen LogP contribution in [0.4, 0.5) is 0 Å². The molecular formula is C23H25N3O2. The highest BCUT2D eigenvalue weighted by atomic mass is 16.5. The summed E-state index contributed by atoms with van der Waals surface area (Å²) in [5.41, 5.74) is 2.87. The number of nitrogens with zero attached hydrogens (tertiary/aromatic N) is 3. The zero-order chi connectivity index (χ0) is 19.5. The molecule has 3 aromatic rings. The third-order valence-electron chi connectivity index (χ3n) is 5.36. The van der Waals surface area contributed by atoms with Gasteiger partial charge >= 0.3 is 0 Å². The van der Waals surface area contributed by atoms with Crippen molar-refractivity contribution in [1.29, 1.82) is 0 Å². The Bertz CT molecular complexity index is 988. The van der Waals surface area contributed by atoms with Gasteiger partial charge in [0.15, 0.2) is 0 Å². The fraction of sp³-hybridized carbons (Fsp3) is 0.304. The Morgan fingerprint density at radius 2 is 2.04 bits per heavy atom. The van der Waals surface area contributed by atoms with E-state index >= 15 is 0 Å². The smallest absolute Gasteiger partial charge is 0.254 e. The molecule has 0 bridgehead atoms. The molecule has 1 fully saturated rings. The fourth-order valence-corrected chi connectivity index (χ4v) is 3.88. The van der Waals surface area contributed by atoms with Crippen LogP contribution in [-0.2, 0) is 6.54 Å². The van der Waals surface area contributed by atoms with Crippen molar-refractivity contribution in [1.82, 2.24) is 14.8 Å². The van der Waals surface area contributed by atoms with Crippen LogP contribution in [0.1, 0.15) is 22.8 Å². The Hall–Kier alpha value is -2.92. The van der Waals surface area contributed by atoms with Crippen molar-refractivity contribution in [3.05, 3.63) is 71.9 Å². The van der Waals surface area contributed by atoms with Crippen LogP contribution in [0.25, 0.3) is 10.9 Å². The third-order valence-corrected chi connectivity index (χ3v) is 5.36. The second-order valence-corrected chi connectivity index (χ2v) is 7.35. The summed E-state index contributed by atoms with van der Waals surface area (Å²) in [5, 5.41) is 0.998. The first-order valence-corrected chi connectivity index (χ1v) is 9.65. The molecule has 1 aliphatic rings. The molecule has 0 saturated carbocycles. The molecule has 0 radical (unpaired) electrons. The van der Waals surface area contributed by atoms with Crippen molar-refractivity contribution in [2.24, 2.45) is 0 Å². The lowest BCUT2D eigenvalue weighted by Crippen LogP contribution is -2.53. The van der Waals surface area contributed by atoms with E-state index < -0.39 is 0 Å². The van der Waals surface area contributed by atoms with E-state index in [9.17, 15) is 4.79 Å². The molecule has 0 spiro atoms. The zero-order valence-corrected chi connectivity index (χ0v) is 16.3. The second kappa shape index (κ2) is 7.98. The van der Waals surface area contributed by atoms with Gasteiger partial charge in [0.2, 0.25) is 0 Å². The molecule has 5 nitrogen and oxygen atoms in total. The number of carbonyl (C=O) groups excluding carboxylic acids is 1. The van der Waals surface area contributed by atoms with E-state index in [1.54, 1.807) is 13.3 Å². The maximum atomic E-state index is 13.1. The van der Waals surface area contributed by atoms with Crippen LogP contribution in [0.2, 0.25) is 0 Å². The van der Waals surface area contributed by atoms with Crippen molar-refractivity contribution in [3.63, 3.8) is 0 Å². The predicted molar refractivity (Wildman–Crippen MR) is 111 cm³/mol. The standard InChI is InChI=1S/C23H25N3O2/c1-17-15-25(16-18-5-3-7-21(13-18)28-2)11-12-26(17)23(27)20-8-9-22-19(14-20)6-4-10-24-22/h3-10,13-14,17H,11-12,15-16H2,1-2H3/t17-/m0/s1. The lowest BCUT2D eigenvalue weighted by molar-refractivity contribution is 0.0475. The summed E-state index contributed by atoms with van der Waals surface area (Å²) >= 11 is 0. The van der Waals surface area contributed by atoms with Gasteiger partial charge in [-0.3, -0.25) is 14.7 Å². The number of hydrogen-bond acceptors (Lipinski definition) is 4. The average Bonchev–Trinajstić information content (AvgIpc) is 2.73. The summed E-state index contributed by atoms with van der Waals surface area (Å²) in [6.07, 6.45) is 1.77. The fourth-order valence-electron chi connectivity index (χ4n) is 3.88. The normalized spacial score (nSPS) is 17.6. The summed E-state index contributed by atoms with van der Waals surface area (Å²) in [6.45, 7) is 5.44. The minimum atomic E-state index is 0.0966. The van der Waals surface area contributed by atoms with Crippen LogP contribution in [-0.4, -0.2) is 53.5 Å². The molecular weight excluding hydrogens is 350 g/mol. The Morgan fingerprint density at radius 1 is 1.14 bits per heavy atom. The minimum Gasteiger partial charge on any atom is -0.497 e. The van der Waals surface area contributed by atoms with Crippen molar-refractivity contribution in [3.8, 4) is 5.75 Å². The van der Waals surface area contributed by atoms with E-state index in [1.165, 1.54) is 5.56 Å². The van der Waals surface area contributed by atoms with Crippen molar-refractivity contribution >= 4 is 16.8 Å². The summed E-state index contributed by atoms with van der Waals surface area (Å²) in [4.78, 5) is 21.8. The van der Waals surface area contributed by atoms with Gasteiger partial charge in [-0.25, -0.2) is 0 Å². The first kappa shape index (κ1) is 18.4. The van der Waals surface area contributed by atoms with Gasteiger partial charge in [0.1, 0.15) is 5.75 Å². The molecule has 0 unspecified atom stereocenters. The predicted octanol–water partition coefficient (Wildman–Crippen LogP) is 3.59. The highest BCUT2D eigenvalue weighted by Gasteiger charge is 2.28. The first-order chi connectivity index (χ1) is 13.6. The van der Waals surface area contributed by atoms with Crippen LogP contribution < -0.4 is 4.74 Å². The number of methoxy groups -OCH3 is 1. The number of pyridine rings is 1. The van der Waals surface area contributed by atoms with E-state index in [-0.39, 0.29) is 11.9 Å². The highest BCUT2D eigenvalue weighted by Crippen LogP contribution is 2.20. The SMILES string of the molecule is COc1cccc(CN2CCN(C(=O)c3ccc4ncccc4c3)[C@@H](C)C2)c1. The van der Waals surface area contributed by atoms with Gasteiger partial charge in [-0.05, 0) is 48.9 Å². The van der Waals surface area contributed by atoms with E-state index in [1.807, 2.05) is 47.4 Å². The molecule has 4 rings (SSSR count). The van der Waals surface area contributed by atoms with Crippen LogP contribution >= 0.6 is 0 Å². The van der Waals surface area contributed by atoms with Crippen molar-refractivity contribution in [2.45, 2.75) is 19.5 Å². The number of amides is 1. The molecule has 0 N–H and O–H groups in total. The van der Waals surface area contributed by atoms with E-state index in [0.717, 1.165) is 48.4 Å². The number of fused-ring (bicyclic) bond motifs is 1. The van der Waals surface area contributed by atoms with Gasteiger partial charge < -0.3 is 9.64 Å². The lowest BCUT2D eigenvalue weighted by Gasteiger charge is -2.40. The Balaban J connectivity index is 1.43. The summed E-state index contributed by atoms with van der Waals surface area (Å²) in [7, 11) is 1.69. The monoisotopic (exact) mass is 375 g/mol. The third kappa shape index (κ3) is 3.85. The summed E-state index contributed by atoms with van der Waals surface area (Å²) in [5.74, 6) is 0.976. The molecule has 1 amide bonds. The molecule has 2 heterocycles. The van der Waals surface area contributed by atoms with Crippen molar-refractivity contribution in [2.75, 3.05) is 26.7 Å². The molecule has 0 aliphatic carbocycles. The largest absolute Gasteiger partial charge is 0.497 e. The molecule has 144 valence electrons. The first-order valence-electron chi connectivity index (χ1n) is 9.65. The summed E-state index contributed by atoms with van der Waals surface area (Å²) in [6, 6.07) is 18.0. The molecule has 1 aliphatic heterocycles. The molecule has 1 aromatic heterocycles. The van der Waals surface area contributed by atoms with E-state index in [2.05, 4.69) is 28.9 Å². The number of hydrogen-bond donors (Lipinski definition) is 0. The molecule has 2 aromatic carbocycles. The molecule has 5 heteroatoms. The maximum absolute atomic E-state index is 13.1. The summed E-state index contributed by atoms with van der Waals surface area (Å²) < 4.78 is 5.32. The van der Waals surface area contributed by atoms with Crippen LogP contribution in [0.5, 0.6) is 5.75 Å². The van der Waals surface area contributed by atoms with Crippen LogP contribution in [0.3, 0.4) is 0 Å². The van der Waals surface area contributed by atoms with Gasteiger partial charge in [-0.15, -0.1) is 0 Å². The van der Waals surface area contributed by atoms with Crippen LogP contribution in [0.15, 0.2) is 60.8 Å². The number of piperazine rings is 1. The molecule has 28 heavy (non-hydrogen) atoms. The minimum absolute atomic E-state index is 0.0966. The van der Waals surface area contributed by atoms with Gasteiger partial charge in [0, 0.05) is 49.4 Å². The average molecular weight is 375 g/mol. The van der Waals surface area contributed by atoms with Gasteiger partial charge in [-0.2, -0.15) is 0 Å².